The van der Waals surface area contributed by atoms with Crippen LogP contribution in [0.5, 0.6) is 0 Å². The molecule has 2 aromatic carbocycles. The number of carbonyl (C=O) groups excluding carboxylic acids is 1. The van der Waals surface area contributed by atoms with E-state index in [0.717, 1.165) is 29.0 Å². The van der Waals surface area contributed by atoms with E-state index in [0.29, 0.717) is 19.4 Å². The van der Waals surface area contributed by atoms with Crippen LogP contribution >= 0.6 is 11.3 Å². The number of hydrogen-bond donors (Lipinski definition) is 1. The Morgan fingerprint density at radius 3 is 2.70 bits per heavy atom. The summed E-state index contributed by atoms with van der Waals surface area (Å²) in [5.41, 5.74) is 0.945. The van der Waals surface area contributed by atoms with E-state index in [1.54, 1.807) is 24.3 Å². The van der Waals surface area contributed by atoms with Crippen molar-refractivity contribution in [1.29, 1.82) is 0 Å². The summed E-state index contributed by atoms with van der Waals surface area (Å²) >= 11 is 0.968. The maximum absolute atomic E-state index is 13.8. The molecular formula is C20H19F2N3O3S2. The lowest BCUT2D eigenvalue weighted by atomic mass is 9.99. The summed E-state index contributed by atoms with van der Waals surface area (Å²) in [4.78, 5) is 16.9. The van der Waals surface area contributed by atoms with Crippen LogP contribution in [0.15, 0.2) is 41.3 Å². The van der Waals surface area contributed by atoms with Gasteiger partial charge in [-0.2, -0.15) is 4.31 Å². The highest BCUT2D eigenvalue weighted by atomic mass is 32.2. The van der Waals surface area contributed by atoms with E-state index in [-0.39, 0.29) is 26.8 Å². The van der Waals surface area contributed by atoms with Gasteiger partial charge in [0.25, 0.3) is 0 Å². The van der Waals surface area contributed by atoms with Crippen LogP contribution in [0, 0.1) is 24.5 Å². The van der Waals surface area contributed by atoms with Gasteiger partial charge in [-0.1, -0.05) is 29.0 Å². The second kappa shape index (κ2) is 8.01. The number of nitrogens with one attached hydrogen (secondary N) is 1. The van der Waals surface area contributed by atoms with Crippen molar-refractivity contribution in [2.24, 2.45) is 5.92 Å². The molecule has 1 aliphatic rings. The lowest BCUT2D eigenvalue weighted by Crippen LogP contribution is -2.43. The number of aryl methyl sites for hydroxylation is 1. The highest BCUT2D eigenvalue weighted by molar-refractivity contribution is 7.89. The van der Waals surface area contributed by atoms with Crippen molar-refractivity contribution in [3.05, 3.63) is 53.6 Å². The minimum absolute atomic E-state index is 0.0103. The van der Waals surface area contributed by atoms with Gasteiger partial charge >= 0.3 is 0 Å². The molecule has 0 saturated carbocycles. The van der Waals surface area contributed by atoms with Crippen molar-refractivity contribution in [3.8, 4) is 0 Å². The largest absolute Gasteiger partial charge is 0.302 e. The number of anilines is 1. The maximum atomic E-state index is 13.8. The van der Waals surface area contributed by atoms with Gasteiger partial charge in [-0.25, -0.2) is 22.2 Å². The van der Waals surface area contributed by atoms with Crippen molar-refractivity contribution in [2.45, 2.75) is 24.7 Å². The number of sulfonamides is 1. The summed E-state index contributed by atoms with van der Waals surface area (Å²) in [7, 11) is -3.70. The third-order valence-electron chi connectivity index (χ3n) is 5.06. The van der Waals surface area contributed by atoms with Crippen LogP contribution in [0.4, 0.5) is 13.9 Å². The Balaban J connectivity index is 1.50. The molecule has 1 unspecified atom stereocenters. The molecule has 0 aliphatic carbocycles. The van der Waals surface area contributed by atoms with Crippen LogP contribution in [0.25, 0.3) is 10.2 Å². The van der Waals surface area contributed by atoms with E-state index in [2.05, 4.69) is 10.3 Å². The Hall–Kier alpha value is -2.43. The molecule has 1 saturated heterocycles. The van der Waals surface area contributed by atoms with Gasteiger partial charge in [-0.3, -0.25) is 4.79 Å². The molecule has 1 N–H and O–H groups in total. The number of piperidine rings is 1. The maximum Gasteiger partial charge on any atom is 0.243 e. The number of benzene rings is 2. The first-order valence-electron chi connectivity index (χ1n) is 9.37. The van der Waals surface area contributed by atoms with Gasteiger partial charge in [0, 0.05) is 19.2 Å². The number of aromatic nitrogens is 1. The molecule has 4 rings (SSSR count). The highest BCUT2D eigenvalue weighted by Gasteiger charge is 2.33. The standard InChI is InChI=1S/C20H19F2N3O3S2/c1-12-4-6-15(7-5-12)30(27,28)25-8-2-3-13(11-25)19(26)24-20-23-18-16(22)9-14(21)10-17(18)29-20/h4-7,9-10,13H,2-3,8,11H2,1H3,(H,23,24,26). The summed E-state index contributed by atoms with van der Waals surface area (Å²) in [5.74, 6) is -2.47. The molecular weight excluding hydrogens is 432 g/mol. The van der Waals surface area contributed by atoms with Crippen LogP contribution in [0.1, 0.15) is 18.4 Å². The first kappa shape index (κ1) is 20.8. The Kier molecular flexibility index (Phi) is 5.56. The Morgan fingerprint density at radius 2 is 1.97 bits per heavy atom. The molecule has 1 aromatic heterocycles. The van der Waals surface area contributed by atoms with Crippen molar-refractivity contribution in [1.82, 2.24) is 9.29 Å². The molecule has 6 nitrogen and oxygen atoms in total. The van der Waals surface area contributed by atoms with E-state index >= 15 is 0 Å². The zero-order valence-corrected chi connectivity index (χ0v) is 17.7. The van der Waals surface area contributed by atoms with E-state index in [9.17, 15) is 22.0 Å². The number of halogens is 2. The SMILES string of the molecule is Cc1ccc(S(=O)(=O)N2CCCC(C(=O)Nc3nc4c(F)cc(F)cc4s3)C2)cc1. The van der Waals surface area contributed by atoms with E-state index in [1.165, 1.54) is 4.31 Å². The zero-order valence-electron chi connectivity index (χ0n) is 16.1. The Bertz CT molecular complexity index is 1210. The normalized spacial score (nSPS) is 17.9. The molecule has 30 heavy (non-hydrogen) atoms. The van der Waals surface area contributed by atoms with Crippen LogP contribution in [-0.4, -0.2) is 36.7 Å². The predicted molar refractivity (Wildman–Crippen MR) is 111 cm³/mol. The molecule has 2 heterocycles. The second-order valence-corrected chi connectivity index (χ2v) is 10.2. The number of fused-ring (bicyclic) bond motifs is 1. The number of amides is 1. The summed E-state index contributed by atoms with van der Waals surface area (Å²) in [5, 5.41) is 2.78. The summed E-state index contributed by atoms with van der Waals surface area (Å²) < 4.78 is 54.6. The minimum atomic E-state index is -3.70. The monoisotopic (exact) mass is 451 g/mol. The average molecular weight is 452 g/mol. The second-order valence-electron chi connectivity index (χ2n) is 7.26. The lowest BCUT2D eigenvalue weighted by molar-refractivity contribution is -0.120. The van der Waals surface area contributed by atoms with Crippen LogP contribution in [0.3, 0.4) is 0 Å². The van der Waals surface area contributed by atoms with Gasteiger partial charge in [0.15, 0.2) is 10.9 Å². The van der Waals surface area contributed by atoms with E-state index in [4.69, 9.17) is 0 Å². The molecule has 3 aromatic rings. The smallest absolute Gasteiger partial charge is 0.243 e. The molecule has 1 amide bonds. The molecule has 1 fully saturated rings. The van der Waals surface area contributed by atoms with E-state index < -0.39 is 33.5 Å². The number of thiazole rings is 1. The topological polar surface area (TPSA) is 79.4 Å². The van der Waals surface area contributed by atoms with Gasteiger partial charge in [0.1, 0.15) is 11.3 Å². The molecule has 1 aliphatic heterocycles. The van der Waals surface area contributed by atoms with Crippen LogP contribution in [-0.2, 0) is 14.8 Å². The lowest BCUT2D eigenvalue weighted by Gasteiger charge is -2.31. The average Bonchev–Trinajstić information content (AvgIpc) is 3.11. The first-order valence-corrected chi connectivity index (χ1v) is 11.6. The fourth-order valence-corrected chi connectivity index (χ4v) is 5.88. The van der Waals surface area contributed by atoms with Crippen LogP contribution in [0.2, 0.25) is 0 Å². The Labute approximate surface area is 176 Å². The van der Waals surface area contributed by atoms with Gasteiger partial charge in [0.2, 0.25) is 15.9 Å². The van der Waals surface area contributed by atoms with Crippen molar-refractivity contribution < 1.29 is 22.0 Å². The highest BCUT2D eigenvalue weighted by Crippen LogP contribution is 2.30. The third kappa shape index (κ3) is 4.07. The molecule has 0 bridgehead atoms. The number of carbonyl (C=O) groups is 1. The van der Waals surface area contributed by atoms with Crippen molar-refractivity contribution in [3.63, 3.8) is 0 Å². The number of rotatable bonds is 4. The molecule has 158 valence electrons. The fraction of sp³-hybridized carbons (Fsp3) is 0.300. The van der Waals surface area contributed by atoms with Gasteiger partial charge in [-0.15, -0.1) is 0 Å². The van der Waals surface area contributed by atoms with Gasteiger partial charge < -0.3 is 5.32 Å². The number of hydrogen-bond acceptors (Lipinski definition) is 5. The Morgan fingerprint density at radius 1 is 1.23 bits per heavy atom. The van der Waals surface area contributed by atoms with Gasteiger partial charge in [-0.05, 0) is 38.0 Å². The fourth-order valence-electron chi connectivity index (χ4n) is 3.45. The number of nitrogens with zero attached hydrogens (tertiary/aromatic N) is 2. The molecule has 1 atom stereocenters. The summed E-state index contributed by atoms with van der Waals surface area (Å²) in [6, 6.07) is 8.48. The summed E-state index contributed by atoms with van der Waals surface area (Å²) in [6.07, 6.45) is 1.07. The molecule has 0 radical (unpaired) electrons. The summed E-state index contributed by atoms with van der Waals surface area (Å²) in [6.45, 7) is 2.27. The predicted octanol–water partition coefficient (Wildman–Crippen LogP) is 3.92. The van der Waals surface area contributed by atoms with Crippen molar-refractivity contribution in [2.75, 3.05) is 18.4 Å². The van der Waals surface area contributed by atoms with E-state index in [1.807, 2.05) is 6.92 Å². The third-order valence-corrected chi connectivity index (χ3v) is 7.85. The van der Waals surface area contributed by atoms with Gasteiger partial charge in [0.05, 0.1) is 15.5 Å². The van der Waals surface area contributed by atoms with Crippen LogP contribution < -0.4 is 5.32 Å². The first-order chi connectivity index (χ1) is 14.2. The molecule has 0 spiro atoms. The van der Waals surface area contributed by atoms with Crippen molar-refractivity contribution >= 4 is 42.6 Å². The quantitative estimate of drug-likeness (QED) is 0.652. The minimum Gasteiger partial charge on any atom is -0.302 e. The molecule has 10 heteroatoms. The zero-order chi connectivity index (χ0) is 21.5.